The molecule has 2 aromatic rings. The zero-order valence-corrected chi connectivity index (χ0v) is 16.9. The molecule has 0 fully saturated rings. The Hall–Kier alpha value is -3.22. The second-order valence-electron chi connectivity index (χ2n) is 7.42. The summed E-state index contributed by atoms with van der Waals surface area (Å²) >= 11 is 0. The van der Waals surface area contributed by atoms with Crippen molar-refractivity contribution in [2.24, 2.45) is 0 Å². The Morgan fingerprint density at radius 3 is 1.30 bits per heavy atom. The number of carbonyl (C=O) groups is 2. The molecule has 0 saturated carbocycles. The van der Waals surface area contributed by atoms with Crippen molar-refractivity contribution >= 4 is 11.6 Å². The lowest BCUT2D eigenvalue weighted by Crippen LogP contribution is -2.39. The summed E-state index contributed by atoms with van der Waals surface area (Å²) in [4.78, 5) is 25.0. The molecule has 0 aromatic heterocycles. The van der Waals surface area contributed by atoms with Gasteiger partial charge in [0.1, 0.15) is 0 Å². The summed E-state index contributed by atoms with van der Waals surface area (Å²) in [5.74, 6) is -0.740. The number of ketones is 2. The predicted molar refractivity (Wildman–Crippen MR) is 114 cm³/mol. The maximum Gasteiger partial charge on any atom is 0.203 e. The van der Waals surface area contributed by atoms with Gasteiger partial charge in [-0.1, -0.05) is 60.7 Å². The number of nitrogens with one attached hydrogen (secondary N) is 2. The molecule has 4 N–H and O–H groups in total. The summed E-state index contributed by atoms with van der Waals surface area (Å²) in [6, 6.07) is 17.3. The molecule has 0 unspecified atom stereocenters. The number of aliphatic hydroxyl groups is 2. The predicted octanol–water partition coefficient (Wildman–Crippen LogP) is 2.33. The van der Waals surface area contributed by atoms with Gasteiger partial charge in [-0.2, -0.15) is 0 Å². The van der Waals surface area contributed by atoms with Gasteiger partial charge >= 0.3 is 0 Å². The number of hydrogen-bond acceptors (Lipinski definition) is 6. The first-order chi connectivity index (χ1) is 14.4. The van der Waals surface area contributed by atoms with Crippen LogP contribution in [0.5, 0.6) is 0 Å². The first-order valence-corrected chi connectivity index (χ1v) is 9.88. The largest absolute Gasteiger partial charge is 0.386 e. The summed E-state index contributed by atoms with van der Waals surface area (Å²) < 4.78 is 0. The van der Waals surface area contributed by atoms with Crippen molar-refractivity contribution in [1.29, 1.82) is 0 Å². The van der Waals surface area contributed by atoms with Crippen LogP contribution >= 0.6 is 0 Å². The van der Waals surface area contributed by atoms with Gasteiger partial charge in [0, 0.05) is 12.2 Å². The zero-order valence-electron chi connectivity index (χ0n) is 16.9. The Morgan fingerprint density at radius 1 is 0.633 bits per heavy atom. The normalized spacial score (nSPS) is 18.0. The Labute approximate surface area is 175 Å². The summed E-state index contributed by atoms with van der Waals surface area (Å²) in [7, 11) is 0. The number of allylic oxidation sites excluding steroid dienone is 2. The zero-order chi connectivity index (χ0) is 21.7. The van der Waals surface area contributed by atoms with E-state index in [0.717, 1.165) is 0 Å². The van der Waals surface area contributed by atoms with E-state index < -0.39 is 24.3 Å². The van der Waals surface area contributed by atoms with Crippen LogP contribution in [0.25, 0.3) is 0 Å². The molecule has 0 aliphatic heterocycles. The second-order valence-corrected chi connectivity index (χ2v) is 7.42. The molecular weight excluding hydrogens is 380 g/mol. The highest BCUT2D eigenvalue weighted by atomic mass is 16.3. The number of aliphatic hydroxyl groups excluding tert-OH is 2. The highest BCUT2D eigenvalue weighted by molar-refractivity contribution is 6.19. The number of rotatable bonds is 8. The van der Waals surface area contributed by atoms with Crippen molar-refractivity contribution in [3.63, 3.8) is 0 Å². The van der Waals surface area contributed by atoms with Crippen molar-refractivity contribution in [2.75, 3.05) is 0 Å². The molecule has 1 aliphatic carbocycles. The molecule has 0 spiro atoms. The molecule has 6 nitrogen and oxygen atoms in total. The molecule has 0 radical (unpaired) electrons. The Bertz CT molecular complexity index is 874. The monoisotopic (exact) mass is 406 g/mol. The molecule has 1 aliphatic rings. The third-order valence-electron chi connectivity index (χ3n) is 5.08. The average Bonchev–Trinajstić information content (AvgIpc) is 2.77. The SMILES string of the molecule is C[C@H](NC1=CC(=O)C(N[C@H](C)[C@H](O)c2ccccc2)=CC1=O)[C@H](O)c1ccccc1. The molecule has 0 amide bonds. The highest BCUT2D eigenvalue weighted by Crippen LogP contribution is 2.20. The third kappa shape index (κ3) is 5.03. The van der Waals surface area contributed by atoms with Gasteiger partial charge < -0.3 is 20.8 Å². The minimum absolute atomic E-state index is 0.129. The van der Waals surface area contributed by atoms with Crippen LogP contribution in [-0.4, -0.2) is 33.9 Å². The maximum absolute atomic E-state index is 12.5. The minimum Gasteiger partial charge on any atom is -0.386 e. The van der Waals surface area contributed by atoms with Crippen LogP contribution in [0.1, 0.15) is 37.2 Å². The molecule has 0 saturated heterocycles. The lowest BCUT2D eigenvalue weighted by molar-refractivity contribution is -0.115. The Morgan fingerprint density at radius 2 is 0.967 bits per heavy atom. The topological polar surface area (TPSA) is 98.7 Å². The van der Waals surface area contributed by atoms with Gasteiger partial charge in [0.2, 0.25) is 11.6 Å². The number of benzene rings is 2. The van der Waals surface area contributed by atoms with E-state index in [1.807, 2.05) is 36.4 Å². The van der Waals surface area contributed by atoms with Crippen molar-refractivity contribution in [3.8, 4) is 0 Å². The van der Waals surface area contributed by atoms with Crippen molar-refractivity contribution in [2.45, 2.75) is 38.1 Å². The van der Waals surface area contributed by atoms with E-state index in [1.165, 1.54) is 12.2 Å². The van der Waals surface area contributed by atoms with Gasteiger partial charge in [-0.3, -0.25) is 9.59 Å². The van der Waals surface area contributed by atoms with Crippen molar-refractivity contribution < 1.29 is 19.8 Å². The van der Waals surface area contributed by atoms with Crippen LogP contribution in [0.4, 0.5) is 0 Å². The highest BCUT2D eigenvalue weighted by Gasteiger charge is 2.26. The average molecular weight is 406 g/mol. The van der Waals surface area contributed by atoms with Crippen LogP contribution < -0.4 is 10.6 Å². The maximum atomic E-state index is 12.5. The number of hydrogen-bond donors (Lipinski definition) is 4. The summed E-state index contributed by atoms with van der Waals surface area (Å²) in [5, 5.41) is 26.8. The molecule has 2 aromatic carbocycles. The van der Waals surface area contributed by atoms with Crippen LogP contribution in [0.15, 0.2) is 84.2 Å². The summed E-state index contributed by atoms with van der Waals surface area (Å²) in [5.41, 5.74) is 1.69. The van der Waals surface area contributed by atoms with E-state index >= 15 is 0 Å². The fraction of sp³-hybridized carbons (Fsp3) is 0.250. The first-order valence-electron chi connectivity index (χ1n) is 9.88. The standard InChI is InChI=1S/C24H26N2O4/c1-15(23(29)17-9-5-3-6-10-17)25-19-13-22(28)20(14-21(19)27)26-16(2)24(30)18-11-7-4-8-12-18/h3-16,23-26,29-30H,1-2H3/t15-,16+,23-,24-/m0/s1. The lowest BCUT2D eigenvalue weighted by atomic mass is 10.00. The van der Waals surface area contributed by atoms with E-state index in [0.29, 0.717) is 11.1 Å². The molecule has 3 rings (SSSR count). The van der Waals surface area contributed by atoms with E-state index in [9.17, 15) is 19.8 Å². The van der Waals surface area contributed by atoms with Gasteiger partial charge in [-0.05, 0) is 25.0 Å². The van der Waals surface area contributed by atoms with E-state index in [2.05, 4.69) is 10.6 Å². The fourth-order valence-corrected chi connectivity index (χ4v) is 3.31. The van der Waals surface area contributed by atoms with E-state index in [-0.39, 0.29) is 23.0 Å². The van der Waals surface area contributed by atoms with Crippen LogP contribution in [0, 0.1) is 0 Å². The molecule has 30 heavy (non-hydrogen) atoms. The van der Waals surface area contributed by atoms with E-state index in [1.54, 1.807) is 38.1 Å². The van der Waals surface area contributed by atoms with Crippen molar-refractivity contribution in [3.05, 3.63) is 95.3 Å². The van der Waals surface area contributed by atoms with Crippen LogP contribution in [0.3, 0.4) is 0 Å². The molecule has 4 atom stereocenters. The molecule has 0 heterocycles. The van der Waals surface area contributed by atoms with Gasteiger partial charge in [0.25, 0.3) is 0 Å². The van der Waals surface area contributed by atoms with Gasteiger partial charge in [-0.15, -0.1) is 0 Å². The Kier molecular flexibility index (Phi) is 6.82. The third-order valence-corrected chi connectivity index (χ3v) is 5.08. The summed E-state index contributed by atoms with van der Waals surface area (Å²) in [6.45, 7) is 3.48. The fourth-order valence-electron chi connectivity index (χ4n) is 3.31. The smallest absolute Gasteiger partial charge is 0.203 e. The first kappa shape index (κ1) is 21.5. The molecular formula is C24H26N2O4. The summed E-state index contributed by atoms with van der Waals surface area (Å²) in [6.07, 6.45) is 0.778. The Balaban J connectivity index is 1.64. The number of carbonyl (C=O) groups excluding carboxylic acids is 2. The van der Waals surface area contributed by atoms with E-state index in [4.69, 9.17) is 0 Å². The molecule has 156 valence electrons. The van der Waals surface area contributed by atoms with Crippen LogP contribution in [0.2, 0.25) is 0 Å². The van der Waals surface area contributed by atoms with Gasteiger partial charge in [0.05, 0.1) is 35.7 Å². The molecule has 0 bridgehead atoms. The second kappa shape index (κ2) is 9.52. The van der Waals surface area contributed by atoms with Gasteiger partial charge in [0.15, 0.2) is 0 Å². The van der Waals surface area contributed by atoms with Gasteiger partial charge in [-0.25, -0.2) is 0 Å². The molecule has 6 heteroatoms. The quantitative estimate of drug-likeness (QED) is 0.502. The minimum atomic E-state index is -0.834. The van der Waals surface area contributed by atoms with Crippen molar-refractivity contribution in [1.82, 2.24) is 10.6 Å². The lowest BCUT2D eigenvalue weighted by Gasteiger charge is -2.26. The van der Waals surface area contributed by atoms with Crippen LogP contribution in [-0.2, 0) is 9.59 Å².